The lowest BCUT2D eigenvalue weighted by molar-refractivity contribution is -0.138. The molecule has 88 valence electrons. The van der Waals surface area contributed by atoms with E-state index < -0.39 is 5.97 Å². The molecule has 2 N–H and O–H groups in total. The smallest absolute Gasteiger partial charge is 0.304 e. The Morgan fingerprint density at radius 1 is 1.38 bits per heavy atom. The van der Waals surface area contributed by atoms with Gasteiger partial charge >= 0.3 is 5.97 Å². The topological polar surface area (TPSA) is 57.5 Å². The Balaban J connectivity index is 2.93. The Morgan fingerprint density at radius 2 is 2.06 bits per heavy atom. The second-order valence-electron chi connectivity index (χ2n) is 4.63. The number of hydrogen-bond donors (Lipinski definition) is 2. The highest BCUT2D eigenvalue weighted by molar-refractivity contribution is 5.68. The molecule has 0 aliphatic rings. The van der Waals surface area contributed by atoms with Crippen molar-refractivity contribution in [3.8, 4) is 0 Å². The summed E-state index contributed by atoms with van der Waals surface area (Å²) in [6.45, 7) is 3.95. The van der Waals surface area contributed by atoms with Crippen molar-refractivity contribution < 1.29 is 15.0 Å². The van der Waals surface area contributed by atoms with Crippen LogP contribution in [0.4, 0.5) is 0 Å². The van der Waals surface area contributed by atoms with Crippen LogP contribution in [0.1, 0.15) is 31.4 Å². The number of aliphatic carboxylic acids is 1. The summed E-state index contributed by atoms with van der Waals surface area (Å²) in [5.74, 6) is -0.794. The fourth-order valence-electron chi connectivity index (χ4n) is 1.76. The van der Waals surface area contributed by atoms with Crippen LogP contribution in [0.3, 0.4) is 0 Å². The Hall–Kier alpha value is -1.35. The number of aliphatic hydroxyl groups is 1. The van der Waals surface area contributed by atoms with E-state index in [1.54, 1.807) is 0 Å². The minimum Gasteiger partial charge on any atom is -0.481 e. The molecule has 3 nitrogen and oxygen atoms in total. The molecule has 0 fully saturated rings. The molecule has 1 rings (SSSR count). The summed E-state index contributed by atoms with van der Waals surface area (Å²) in [6, 6.07) is 7.75. The van der Waals surface area contributed by atoms with Crippen LogP contribution in [0, 0.1) is 0 Å². The molecule has 0 aromatic heterocycles. The van der Waals surface area contributed by atoms with Gasteiger partial charge in [-0.05, 0) is 17.5 Å². The Morgan fingerprint density at radius 3 is 2.62 bits per heavy atom. The first kappa shape index (κ1) is 12.7. The summed E-state index contributed by atoms with van der Waals surface area (Å²) in [6.07, 6.45) is 0.715. The van der Waals surface area contributed by atoms with Gasteiger partial charge in [-0.25, -0.2) is 0 Å². The molecule has 0 aliphatic carbocycles. The number of rotatable bonds is 5. The molecule has 0 aliphatic heterocycles. The predicted molar refractivity (Wildman–Crippen MR) is 62.5 cm³/mol. The standard InChI is InChI=1S/C13H18O3/c1-13(2,9-12(15)16)11-5-3-4-10(8-11)6-7-14/h3-5,8,14H,6-7,9H2,1-2H3,(H,15,16). The van der Waals surface area contributed by atoms with Gasteiger partial charge < -0.3 is 10.2 Å². The van der Waals surface area contributed by atoms with E-state index >= 15 is 0 Å². The molecular formula is C13H18O3. The summed E-state index contributed by atoms with van der Waals surface area (Å²) in [5.41, 5.74) is 1.66. The van der Waals surface area contributed by atoms with Gasteiger partial charge in [-0.2, -0.15) is 0 Å². The maximum Gasteiger partial charge on any atom is 0.304 e. The molecule has 0 heterocycles. The van der Waals surface area contributed by atoms with Crippen molar-refractivity contribution in [1.29, 1.82) is 0 Å². The van der Waals surface area contributed by atoms with Crippen molar-refractivity contribution in [3.63, 3.8) is 0 Å². The molecule has 0 spiro atoms. The Bertz CT molecular complexity index is 369. The molecule has 0 amide bonds. The number of carboxylic acid groups (broad SMARTS) is 1. The van der Waals surface area contributed by atoms with Gasteiger partial charge in [-0.15, -0.1) is 0 Å². The Kier molecular flexibility index (Phi) is 4.07. The van der Waals surface area contributed by atoms with Crippen LogP contribution in [0.2, 0.25) is 0 Å². The van der Waals surface area contributed by atoms with Gasteiger partial charge in [-0.3, -0.25) is 4.79 Å². The third-order valence-corrected chi connectivity index (χ3v) is 2.70. The first-order chi connectivity index (χ1) is 7.45. The molecule has 0 unspecified atom stereocenters. The molecule has 0 atom stereocenters. The van der Waals surface area contributed by atoms with E-state index in [1.165, 1.54) is 0 Å². The molecule has 0 saturated heterocycles. The van der Waals surface area contributed by atoms with Crippen LogP contribution < -0.4 is 0 Å². The van der Waals surface area contributed by atoms with Gasteiger partial charge in [0, 0.05) is 12.0 Å². The maximum atomic E-state index is 10.8. The molecule has 1 aromatic rings. The highest BCUT2D eigenvalue weighted by atomic mass is 16.4. The number of carboxylic acids is 1. The lowest BCUT2D eigenvalue weighted by Gasteiger charge is -2.23. The molecule has 1 aromatic carbocycles. The van der Waals surface area contributed by atoms with Gasteiger partial charge in [0.15, 0.2) is 0 Å². The first-order valence-electron chi connectivity index (χ1n) is 5.38. The highest BCUT2D eigenvalue weighted by Crippen LogP contribution is 2.27. The number of carbonyl (C=O) groups is 1. The quantitative estimate of drug-likeness (QED) is 0.800. The molecule has 0 saturated carbocycles. The predicted octanol–water partition coefficient (Wildman–Crippen LogP) is 1.97. The van der Waals surface area contributed by atoms with Crippen molar-refractivity contribution >= 4 is 5.97 Å². The fraction of sp³-hybridized carbons (Fsp3) is 0.462. The van der Waals surface area contributed by atoms with E-state index in [9.17, 15) is 4.79 Å². The van der Waals surface area contributed by atoms with Gasteiger partial charge in [0.1, 0.15) is 0 Å². The van der Waals surface area contributed by atoms with Crippen molar-refractivity contribution in [3.05, 3.63) is 35.4 Å². The van der Waals surface area contributed by atoms with Gasteiger partial charge in [0.25, 0.3) is 0 Å². The average molecular weight is 222 g/mol. The van der Waals surface area contributed by atoms with Crippen LogP contribution in [0.25, 0.3) is 0 Å². The summed E-state index contributed by atoms with van der Waals surface area (Å²) >= 11 is 0. The molecular weight excluding hydrogens is 204 g/mol. The monoisotopic (exact) mass is 222 g/mol. The highest BCUT2D eigenvalue weighted by Gasteiger charge is 2.24. The average Bonchev–Trinajstić information content (AvgIpc) is 2.16. The minimum absolute atomic E-state index is 0.107. The zero-order chi connectivity index (χ0) is 12.2. The van der Waals surface area contributed by atoms with E-state index in [-0.39, 0.29) is 18.4 Å². The third-order valence-electron chi connectivity index (χ3n) is 2.70. The fourth-order valence-corrected chi connectivity index (χ4v) is 1.76. The Labute approximate surface area is 95.7 Å². The summed E-state index contributed by atoms with van der Waals surface area (Å²) in [5, 5.41) is 17.7. The van der Waals surface area contributed by atoms with Crippen molar-refractivity contribution in [1.82, 2.24) is 0 Å². The second kappa shape index (κ2) is 5.12. The summed E-state index contributed by atoms with van der Waals surface area (Å²) in [4.78, 5) is 10.8. The van der Waals surface area contributed by atoms with E-state index in [4.69, 9.17) is 10.2 Å². The van der Waals surface area contributed by atoms with Crippen LogP contribution in [0.5, 0.6) is 0 Å². The minimum atomic E-state index is -0.794. The van der Waals surface area contributed by atoms with E-state index in [2.05, 4.69) is 0 Å². The third kappa shape index (κ3) is 3.35. The zero-order valence-electron chi connectivity index (χ0n) is 9.73. The largest absolute Gasteiger partial charge is 0.481 e. The van der Waals surface area contributed by atoms with Gasteiger partial charge in [0.2, 0.25) is 0 Å². The lowest BCUT2D eigenvalue weighted by atomic mass is 9.81. The molecule has 0 bridgehead atoms. The number of hydrogen-bond acceptors (Lipinski definition) is 2. The van der Waals surface area contributed by atoms with E-state index in [0.717, 1.165) is 11.1 Å². The maximum absolute atomic E-state index is 10.8. The van der Waals surface area contributed by atoms with Crippen LogP contribution in [0.15, 0.2) is 24.3 Å². The first-order valence-corrected chi connectivity index (χ1v) is 5.38. The molecule has 16 heavy (non-hydrogen) atoms. The number of aliphatic hydroxyl groups excluding tert-OH is 1. The van der Waals surface area contributed by atoms with Crippen molar-refractivity contribution in [2.75, 3.05) is 6.61 Å². The summed E-state index contributed by atoms with van der Waals surface area (Å²) in [7, 11) is 0. The van der Waals surface area contributed by atoms with E-state index in [1.807, 2.05) is 38.1 Å². The van der Waals surface area contributed by atoms with Crippen LogP contribution in [-0.4, -0.2) is 22.8 Å². The van der Waals surface area contributed by atoms with Gasteiger partial charge in [0.05, 0.1) is 6.42 Å². The SMILES string of the molecule is CC(C)(CC(=O)O)c1cccc(CCO)c1. The second-order valence-corrected chi connectivity index (χ2v) is 4.63. The number of benzene rings is 1. The lowest BCUT2D eigenvalue weighted by Crippen LogP contribution is -2.21. The molecule has 0 radical (unpaired) electrons. The normalized spacial score (nSPS) is 11.4. The van der Waals surface area contributed by atoms with E-state index in [0.29, 0.717) is 6.42 Å². The van der Waals surface area contributed by atoms with Crippen molar-refractivity contribution in [2.24, 2.45) is 0 Å². The zero-order valence-corrected chi connectivity index (χ0v) is 9.73. The summed E-state index contributed by atoms with van der Waals surface area (Å²) < 4.78 is 0. The van der Waals surface area contributed by atoms with Crippen LogP contribution >= 0.6 is 0 Å². The van der Waals surface area contributed by atoms with Crippen LogP contribution in [-0.2, 0) is 16.6 Å². The molecule has 3 heteroatoms. The van der Waals surface area contributed by atoms with Crippen molar-refractivity contribution in [2.45, 2.75) is 32.1 Å². The van der Waals surface area contributed by atoms with Gasteiger partial charge in [-0.1, -0.05) is 38.1 Å².